The molecule has 76 valence electrons. The number of aliphatic hydroxyl groups excluding tert-OH is 1. The molecule has 0 aromatic rings. The van der Waals surface area contributed by atoms with Gasteiger partial charge in [0.2, 0.25) is 5.91 Å². The van der Waals surface area contributed by atoms with Crippen molar-refractivity contribution in [3.05, 3.63) is 0 Å². The number of nitrogens with zero attached hydrogens (tertiary/aromatic N) is 1. The van der Waals surface area contributed by atoms with Gasteiger partial charge in [-0.15, -0.1) is 0 Å². The highest BCUT2D eigenvalue weighted by molar-refractivity contribution is 5.82. The molecule has 0 bridgehead atoms. The van der Waals surface area contributed by atoms with Crippen molar-refractivity contribution in [3.8, 4) is 0 Å². The van der Waals surface area contributed by atoms with E-state index in [1.54, 1.807) is 18.9 Å². The zero-order chi connectivity index (χ0) is 10.2. The molecule has 0 aromatic carbocycles. The Bertz CT molecular complexity index is 211. The van der Waals surface area contributed by atoms with E-state index in [-0.39, 0.29) is 17.2 Å². The summed E-state index contributed by atoms with van der Waals surface area (Å²) < 4.78 is 0. The van der Waals surface area contributed by atoms with Crippen LogP contribution in [-0.2, 0) is 4.79 Å². The molecule has 0 radical (unpaired) electrons. The monoisotopic (exact) mass is 185 g/mol. The lowest BCUT2D eigenvalue weighted by Gasteiger charge is -2.19. The Kier molecular flexibility index (Phi) is 2.66. The first-order valence-electron chi connectivity index (χ1n) is 4.77. The highest BCUT2D eigenvalue weighted by Gasteiger charge is 2.51. The smallest absolute Gasteiger partial charge is 0.226 e. The molecule has 1 aliphatic carbocycles. The standard InChI is InChI=1S/C10H19NO2/c1-7(12)6-11(4)9(13)8-5-10(8,2)3/h7-8,12H,5-6H2,1-4H3. The molecular formula is C10H19NO2. The average molecular weight is 185 g/mol. The summed E-state index contributed by atoms with van der Waals surface area (Å²) in [6, 6.07) is 0. The van der Waals surface area contributed by atoms with Crippen molar-refractivity contribution in [2.45, 2.75) is 33.3 Å². The minimum atomic E-state index is -0.434. The number of hydrogen-bond acceptors (Lipinski definition) is 2. The number of carbonyl (C=O) groups is 1. The summed E-state index contributed by atoms with van der Waals surface area (Å²) in [5.41, 5.74) is 0.185. The van der Waals surface area contributed by atoms with Crippen LogP contribution in [0.15, 0.2) is 0 Å². The SMILES string of the molecule is CC(O)CN(C)C(=O)C1CC1(C)C. The summed E-state index contributed by atoms with van der Waals surface area (Å²) in [4.78, 5) is 13.3. The molecule has 2 atom stereocenters. The lowest BCUT2D eigenvalue weighted by molar-refractivity contribution is -0.133. The van der Waals surface area contributed by atoms with Gasteiger partial charge in [-0.3, -0.25) is 4.79 Å². The van der Waals surface area contributed by atoms with Crippen LogP contribution in [0.3, 0.4) is 0 Å². The van der Waals surface area contributed by atoms with E-state index < -0.39 is 6.10 Å². The van der Waals surface area contributed by atoms with Gasteiger partial charge in [-0.2, -0.15) is 0 Å². The summed E-state index contributed by atoms with van der Waals surface area (Å²) in [6.45, 7) is 6.34. The van der Waals surface area contributed by atoms with Crippen molar-refractivity contribution in [2.24, 2.45) is 11.3 Å². The van der Waals surface area contributed by atoms with E-state index in [0.29, 0.717) is 6.54 Å². The quantitative estimate of drug-likeness (QED) is 0.709. The number of likely N-dealkylation sites (N-methyl/N-ethyl adjacent to an activating group) is 1. The summed E-state index contributed by atoms with van der Waals surface area (Å²) in [5.74, 6) is 0.349. The molecule has 3 heteroatoms. The van der Waals surface area contributed by atoms with Crippen LogP contribution in [0.1, 0.15) is 27.2 Å². The third kappa shape index (κ3) is 2.44. The second kappa shape index (κ2) is 3.29. The molecule has 0 heterocycles. The lowest BCUT2D eigenvalue weighted by Crippen LogP contribution is -2.34. The Balaban J connectivity index is 2.41. The highest BCUT2D eigenvalue weighted by Crippen LogP contribution is 2.52. The maximum atomic E-state index is 11.7. The number of hydrogen-bond donors (Lipinski definition) is 1. The zero-order valence-electron chi connectivity index (χ0n) is 8.87. The zero-order valence-corrected chi connectivity index (χ0v) is 8.87. The molecule has 1 fully saturated rings. The van der Waals surface area contributed by atoms with Crippen LogP contribution in [0, 0.1) is 11.3 Å². The van der Waals surface area contributed by atoms with Crippen LogP contribution in [-0.4, -0.2) is 35.6 Å². The first-order chi connectivity index (χ1) is 5.84. The lowest BCUT2D eigenvalue weighted by atomic mass is 10.1. The van der Waals surface area contributed by atoms with Crippen LogP contribution in [0.25, 0.3) is 0 Å². The molecule has 3 nitrogen and oxygen atoms in total. The predicted molar refractivity (Wildman–Crippen MR) is 51.2 cm³/mol. The molecule has 0 aromatic heterocycles. The fourth-order valence-electron chi connectivity index (χ4n) is 1.64. The molecule has 1 rings (SSSR count). The second-order valence-electron chi connectivity index (χ2n) is 4.81. The Morgan fingerprint density at radius 2 is 2.15 bits per heavy atom. The van der Waals surface area contributed by atoms with Gasteiger partial charge in [0.05, 0.1) is 6.10 Å². The van der Waals surface area contributed by atoms with Crippen LogP contribution in [0.5, 0.6) is 0 Å². The summed E-state index contributed by atoms with van der Waals surface area (Å²) in [6.07, 6.45) is 0.548. The first kappa shape index (κ1) is 10.5. The third-order valence-corrected chi connectivity index (χ3v) is 2.73. The highest BCUT2D eigenvalue weighted by atomic mass is 16.3. The number of amides is 1. The summed E-state index contributed by atoms with van der Waals surface area (Å²) in [7, 11) is 1.75. The van der Waals surface area contributed by atoms with Gasteiger partial charge >= 0.3 is 0 Å². The molecule has 1 amide bonds. The maximum absolute atomic E-state index is 11.7. The fraction of sp³-hybridized carbons (Fsp3) is 0.900. The predicted octanol–water partition coefficient (Wildman–Crippen LogP) is 0.872. The van der Waals surface area contributed by atoms with Gasteiger partial charge in [0.25, 0.3) is 0 Å². The van der Waals surface area contributed by atoms with Crippen molar-refractivity contribution in [3.63, 3.8) is 0 Å². The van der Waals surface area contributed by atoms with Crippen molar-refractivity contribution < 1.29 is 9.90 Å². The van der Waals surface area contributed by atoms with E-state index in [2.05, 4.69) is 13.8 Å². The van der Waals surface area contributed by atoms with Gasteiger partial charge < -0.3 is 10.0 Å². The minimum Gasteiger partial charge on any atom is -0.392 e. The van der Waals surface area contributed by atoms with Gasteiger partial charge in [0.15, 0.2) is 0 Å². The molecule has 1 saturated carbocycles. The summed E-state index contributed by atoms with van der Waals surface area (Å²) >= 11 is 0. The van der Waals surface area contributed by atoms with E-state index in [1.807, 2.05) is 0 Å². The first-order valence-corrected chi connectivity index (χ1v) is 4.77. The van der Waals surface area contributed by atoms with Crippen molar-refractivity contribution in [2.75, 3.05) is 13.6 Å². The van der Waals surface area contributed by atoms with Crippen LogP contribution < -0.4 is 0 Å². The van der Waals surface area contributed by atoms with Crippen LogP contribution in [0.4, 0.5) is 0 Å². The maximum Gasteiger partial charge on any atom is 0.226 e. The van der Waals surface area contributed by atoms with Gasteiger partial charge in [0, 0.05) is 19.5 Å². The fourth-order valence-corrected chi connectivity index (χ4v) is 1.64. The van der Waals surface area contributed by atoms with Crippen molar-refractivity contribution in [1.29, 1.82) is 0 Å². The van der Waals surface area contributed by atoms with E-state index in [0.717, 1.165) is 6.42 Å². The summed E-state index contributed by atoms with van der Waals surface area (Å²) in [5, 5.41) is 9.11. The van der Waals surface area contributed by atoms with Crippen LogP contribution >= 0.6 is 0 Å². The molecule has 0 saturated heterocycles. The topological polar surface area (TPSA) is 40.5 Å². The van der Waals surface area contributed by atoms with Gasteiger partial charge in [-0.1, -0.05) is 13.8 Å². The largest absolute Gasteiger partial charge is 0.392 e. The number of aliphatic hydroxyl groups is 1. The van der Waals surface area contributed by atoms with Crippen molar-refractivity contribution in [1.82, 2.24) is 4.90 Å². The van der Waals surface area contributed by atoms with E-state index in [9.17, 15) is 4.79 Å². The van der Waals surface area contributed by atoms with E-state index in [4.69, 9.17) is 5.11 Å². The Hall–Kier alpha value is -0.570. The molecule has 1 aliphatic rings. The number of rotatable bonds is 3. The second-order valence-corrected chi connectivity index (χ2v) is 4.81. The molecule has 1 N–H and O–H groups in total. The average Bonchev–Trinajstić information content (AvgIpc) is 2.57. The van der Waals surface area contributed by atoms with Gasteiger partial charge in [-0.25, -0.2) is 0 Å². The van der Waals surface area contributed by atoms with Crippen molar-refractivity contribution >= 4 is 5.91 Å². The van der Waals surface area contributed by atoms with E-state index >= 15 is 0 Å². The van der Waals surface area contributed by atoms with Crippen LogP contribution in [0.2, 0.25) is 0 Å². The Morgan fingerprint density at radius 1 is 1.69 bits per heavy atom. The Labute approximate surface area is 79.7 Å². The minimum absolute atomic E-state index is 0.172. The molecular weight excluding hydrogens is 166 g/mol. The molecule has 2 unspecified atom stereocenters. The van der Waals surface area contributed by atoms with Gasteiger partial charge in [-0.05, 0) is 18.8 Å². The van der Waals surface area contributed by atoms with E-state index in [1.165, 1.54) is 0 Å². The molecule has 0 aliphatic heterocycles. The molecule has 13 heavy (non-hydrogen) atoms. The molecule has 0 spiro atoms. The van der Waals surface area contributed by atoms with Gasteiger partial charge in [0.1, 0.15) is 0 Å². The normalized spacial score (nSPS) is 26.7. The Morgan fingerprint density at radius 3 is 2.46 bits per heavy atom. The third-order valence-electron chi connectivity index (χ3n) is 2.73. The number of carbonyl (C=O) groups excluding carboxylic acids is 1.